The van der Waals surface area contributed by atoms with Gasteiger partial charge in [-0.1, -0.05) is 53.5 Å². The second kappa shape index (κ2) is 13.2. The van der Waals surface area contributed by atoms with Crippen LogP contribution in [0.15, 0.2) is 66.9 Å². The molecule has 0 bridgehead atoms. The molecule has 5 rings (SSSR count). The summed E-state index contributed by atoms with van der Waals surface area (Å²) < 4.78 is 80.9. The molecule has 0 spiro atoms. The first-order valence-corrected chi connectivity index (χ1v) is 14.3. The molecule has 0 fully saturated rings. The third-order valence-electron chi connectivity index (χ3n) is 6.80. The van der Waals surface area contributed by atoms with Crippen molar-refractivity contribution in [1.29, 1.82) is 0 Å². The average Bonchev–Trinajstić information content (AvgIpc) is 3.63. The molecule has 244 valence electrons. The van der Waals surface area contributed by atoms with Gasteiger partial charge in [-0.25, -0.2) is 9.67 Å². The van der Waals surface area contributed by atoms with Crippen molar-refractivity contribution in [3.8, 4) is 5.82 Å². The number of pyridine rings is 1. The van der Waals surface area contributed by atoms with Crippen LogP contribution in [0.25, 0.3) is 5.82 Å². The van der Waals surface area contributed by atoms with Crippen molar-refractivity contribution in [2.75, 3.05) is 0 Å². The quantitative estimate of drug-likeness (QED) is 0.133. The molecule has 2 aromatic carbocycles. The monoisotopic (exact) mass is 695 g/mol. The summed E-state index contributed by atoms with van der Waals surface area (Å²) in [6, 6.07) is 16.2. The summed E-state index contributed by atoms with van der Waals surface area (Å²) in [6.07, 6.45) is -9.90. The lowest BCUT2D eigenvalue weighted by molar-refractivity contribution is -0.165. The van der Waals surface area contributed by atoms with Crippen molar-refractivity contribution in [3.63, 3.8) is 0 Å². The summed E-state index contributed by atoms with van der Waals surface area (Å²) in [5.41, 5.74) is -3.00. The molecule has 3 heterocycles. The van der Waals surface area contributed by atoms with Crippen LogP contribution >= 0.6 is 23.2 Å². The minimum atomic E-state index is -5.44. The van der Waals surface area contributed by atoms with Crippen LogP contribution in [0, 0.1) is 6.92 Å². The Morgan fingerprint density at radius 3 is 2.15 bits per heavy atom. The molecule has 3 aromatic heterocycles. The van der Waals surface area contributed by atoms with E-state index in [4.69, 9.17) is 23.2 Å². The number of nitrogens with one attached hydrogen (secondary N) is 1. The maximum absolute atomic E-state index is 13.9. The fraction of sp³-hybridized carbons (Fsp3) is 0.200. The van der Waals surface area contributed by atoms with Crippen LogP contribution in [0.4, 0.5) is 26.3 Å². The lowest BCUT2D eigenvalue weighted by atomic mass is 9.95. The van der Waals surface area contributed by atoms with Gasteiger partial charge in [0.05, 0.1) is 10.7 Å². The smallest absolute Gasteiger partial charge is 0.348 e. The van der Waals surface area contributed by atoms with E-state index in [0.29, 0.717) is 11.1 Å². The molecule has 0 saturated carbocycles. The topological polar surface area (TPSA) is 108 Å². The molecule has 1 N–H and O–H groups in total. The summed E-state index contributed by atoms with van der Waals surface area (Å²) >= 11 is 12.6. The van der Waals surface area contributed by atoms with E-state index in [2.05, 4.69) is 25.6 Å². The molecule has 0 aliphatic heterocycles. The number of carbonyl (C=O) groups is 2. The summed E-state index contributed by atoms with van der Waals surface area (Å²) in [7, 11) is 0. The van der Waals surface area contributed by atoms with Crippen molar-refractivity contribution < 1.29 is 35.9 Å². The van der Waals surface area contributed by atoms with E-state index in [9.17, 15) is 35.9 Å². The molecule has 5 aromatic rings. The highest BCUT2D eigenvalue weighted by Gasteiger charge is 2.48. The lowest BCUT2D eigenvalue weighted by Crippen LogP contribution is -2.25. The Balaban J connectivity index is 1.51. The Labute approximate surface area is 272 Å². The first kappa shape index (κ1) is 33.6. The number of nitrogens with zero attached hydrogens (tertiary/aromatic N) is 6. The van der Waals surface area contributed by atoms with Gasteiger partial charge in [-0.3, -0.25) is 9.59 Å². The number of aryl methyl sites for hydroxylation is 1. The Morgan fingerprint density at radius 1 is 0.872 bits per heavy atom. The molecule has 0 saturated heterocycles. The summed E-state index contributed by atoms with van der Waals surface area (Å²) in [5, 5.41) is 13.3. The van der Waals surface area contributed by atoms with E-state index in [-0.39, 0.29) is 50.6 Å². The van der Waals surface area contributed by atoms with Crippen LogP contribution in [0.1, 0.15) is 54.6 Å². The van der Waals surface area contributed by atoms with Gasteiger partial charge in [0.2, 0.25) is 0 Å². The molecule has 0 aliphatic carbocycles. The number of alkyl halides is 6. The highest BCUT2D eigenvalue weighted by Crippen LogP contribution is 2.38. The van der Waals surface area contributed by atoms with Gasteiger partial charge in [-0.2, -0.15) is 36.2 Å². The highest BCUT2D eigenvalue weighted by atomic mass is 35.5. The number of amides is 1. The molecule has 17 heteroatoms. The molecule has 47 heavy (non-hydrogen) atoms. The first-order chi connectivity index (χ1) is 22.1. The highest BCUT2D eigenvalue weighted by molar-refractivity contribution is 6.32. The van der Waals surface area contributed by atoms with E-state index < -0.39 is 42.0 Å². The minimum Gasteiger partial charge on any atom is -0.348 e. The average molecular weight is 696 g/mol. The number of carbonyl (C=O) groups excluding carboxylic acids is 2. The number of aromatic nitrogens is 6. The number of benzene rings is 2. The largest absolute Gasteiger partial charge is 0.437 e. The van der Waals surface area contributed by atoms with Crippen LogP contribution in [0.3, 0.4) is 0 Å². The predicted octanol–water partition coefficient (Wildman–Crippen LogP) is 6.92. The summed E-state index contributed by atoms with van der Waals surface area (Å²) in [4.78, 5) is 31.4. The molecule has 0 aliphatic rings. The van der Waals surface area contributed by atoms with Gasteiger partial charge >= 0.3 is 12.4 Å². The second-order valence-electron chi connectivity index (χ2n) is 10.2. The third-order valence-corrected chi connectivity index (χ3v) is 7.31. The summed E-state index contributed by atoms with van der Waals surface area (Å²) in [6.45, 7) is 1.07. The molecule has 9 nitrogen and oxygen atoms in total. The standard InChI is InChI=1S/C30H21Cl2F6N7O2/c1-16-10-18(31)11-21(28(47)40-14-17-6-3-2-4-7-17)20(16)13-24(46)23-12-19(41-45(23)27-22(32)8-5-9-39-27)15-44-42-25(29(33,34)35)26(43-44)30(36,37)38/h2-12H,13-15H2,1H3,(H,40,47). The van der Waals surface area contributed by atoms with Crippen LogP contribution < -0.4 is 5.32 Å². The third kappa shape index (κ3) is 7.63. The number of rotatable bonds is 9. The van der Waals surface area contributed by atoms with Crippen LogP contribution in [-0.2, 0) is 31.9 Å². The van der Waals surface area contributed by atoms with Gasteiger partial charge in [0.1, 0.15) is 12.2 Å². The molecule has 0 unspecified atom stereocenters. The Bertz CT molecular complexity index is 1930. The van der Waals surface area contributed by atoms with Crippen LogP contribution in [0.5, 0.6) is 0 Å². The van der Waals surface area contributed by atoms with E-state index in [1.54, 1.807) is 13.0 Å². The fourth-order valence-corrected chi connectivity index (χ4v) is 5.16. The predicted molar refractivity (Wildman–Crippen MR) is 157 cm³/mol. The van der Waals surface area contributed by atoms with Gasteiger partial charge in [-0.05, 0) is 53.9 Å². The van der Waals surface area contributed by atoms with Gasteiger partial charge < -0.3 is 5.32 Å². The number of hydrogen-bond acceptors (Lipinski definition) is 6. The Hall–Kier alpha value is -4.76. The molecular weight excluding hydrogens is 675 g/mol. The van der Waals surface area contributed by atoms with Crippen molar-refractivity contribution >= 4 is 34.9 Å². The molecular formula is C30H21Cl2F6N7O2. The maximum atomic E-state index is 13.9. The van der Waals surface area contributed by atoms with Crippen LogP contribution in [-0.4, -0.2) is 41.4 Å². The zero-order chi connectivity index (χ0) is 34.1. The van der Waals surface area contributed by atoms with Crippen molar-refractivity contribution in [1.82, 2.24) is 35.1 Å². The fourth-order valence-electron chi connectivity index (χ4n) is 4.68. The molecule has 0 atom stereocenters. The number of halogens is 8. The Morgan fingerprint density at radius 2 is 1.53 bits per heavy atom. The van der Waals surface area contributed by atoms with E-state index in [1.165, 1.54) is 24.4 Å². The van der Waals surface area contributed by atoms with E-state index >= 15 is 0 Å². The second-order valence-corrected chi connectivity index (χ2v) is 11.0. The van der Waals surface area contributed by atoms with Gasteiger partial charge in [0.15, 0.2) is 23.0 Å². The maximum Gasteiger partial charge on any atom is 0.437 e. The van der Waals surface area contributed by atoms with Gasteiger partial charge in [0, 0.05) is 29.7 Å². The van der Waals surface area contributed by atoms with Crippen molar-refractivity contribution in [2.45, 2.75) is 38.8 Å². The number of ketones is 1. The van der Waals surface area contributed by atoms with Gasteiger partial charge in [0.25, 0.3) is 5.91 Å². The molecule has 0 radical (unpaired) electrons. The van der Waals surface area contributed by atoms with Crippen molar-refractivity contribution in [3.05, 3.63) is 122 Å². The van der Waals surface area contributed by atoms with Crippen molar-refractivity contribution in [2.24, 2.45) is 0 Å². The minimum absolute atomic E-state index is 0.0378. The Kier molecular flexibility index (Phi) is 9.41. The van der Waals surface area contributed by atoms with Gasteiger partial charge in [-0.15, -0.1) is 10.2 Å². The summed E-state index contributed by atoms with van der Waals surface area (Å²) in [5.74, 6) is -1.18. The van der Waals surface area contributed by atoms with E-state index in [1.807, 2.05) is 30.3 Å². The normalized spacial score (nSPS) is 11.9. The zero-order valence-corrected chi connectivity index (χ0v) is 25.5. The number of Topliss-reactive ketones (excluding diaryl/α,β-unsaturated/α-hetero) is 1. The SMILES string of the molecule is Cc1cc(Cl)cc(C(=O)NCc2ccccc2)c1CC(=O)c1cc(Cn2nc(C(F)(F)F)c(C(F)(F)F)n2)nn1-c1ncccc1Cl. The van der Waals surface area contributed by atoms with E-state index in [0.717, 1.165) is 16.3 Å². The molecule has 1 amide bonds. The van der Waals surface area contributed by atoms with Crippen LogP contribution in [0.2, 0.25) is 10.0 Å². The lowest BCUT2D eigenvalue weighted by Gasteiger charge is -2.14. The first-order valence-electron chi connectivity index (χ1n) is 13.6. The zero-order valence-electron chi connectivity index (χ0n) is 24.0. The number of hydrogen-bond donors (Lipinski definition) is 1.